The lowest BCUT2D eigenvalue weighted by Crippen LogP contribution is -2.45. The fourth-order valence-corrected chi connectivity index (χ4v) is 3.98. The molecule has 27 heavy (non-hydrogen) atoms. The molecule has 0 aromatic rings. The number of hydrogen-bond acceptors (Lipinski definition) is 5. The molecule has 3 fully saturated rings. The summed E-state index contributed by atoms with van der Waals surface area (Å²) in [5.41, 5.74) is -0.221. The number of imide groups is 1. The van der Waals surface area contributed by atoms with Gasteiger partial charge in [-0.05, 0) is 30.6 Å². The van der Waals surface area contributed by atoms with E-state index in [4.69, 9.17) is 4.84 Å². The van der Waals surface area contributed by atoms with E-state index in [0.717, 1.165) is 5.06 Å². The van der Waals surface area contributed by atoms with Gasteiger partial charge in [0, 0.05) is 32.5 Å². The summed E-state index contributed by atoms with van der Waals surface area (Å²) < 4.78 is 0. The minimum atomic E-state index is -0.496. The number of carbonyl (C=O) groups excluding carboxylic acids is 4. The molecule has 1 unspecified atom stereocenters. The predicted octanol–water partition coefficient (Wildman–Crippen LogP) is 1.79. The molecule has 4 amide bonds. The standard InChI is InChI=1S/C19H29N3O5/c1-19(2,3)14-11-16(24)21(17(14)25)12-13-6-9-20(10-7-13)18(26)27-22-8-4-5-15(22)23/h13-14H,4-12H2,1-3H3. The van der Waals surface area contributed by atoms with E-state index in [1.54, 1.807) is 4.90 Å². The van der Waals surface area contributed by atoms with Crippen molar-refractivity contribution in [2.75, 3.05) is 26.2 Å². The normalized spacial score (nSPS) is 24.9. The molecule has 3 saturated heterocycles. The van der Waals surface area contributed by atoms with Crippen LogP contribution in [0.25, 0.3) is 0 Å². The first-order valence-electron chi connectivity index (χ1n) is 9.78. The third-order valence-corrected chi connectivity index (χ3v) is 5.82. The summed E-state index contributed by atoms with van der Waals surface area (Å²) in [5.74, 6) is -0.374. The van der Waals surface area contributed by atoms with Gasteiger partial charge in [-0.3, -0.25) is 19.3 Å². The average molecular weight is 379 g/mol. The lowest BCUT2D eigenvalue weighted by atomic mass is 9.80. The first kappa shape index (κ1) is 19.6. The van der Waals surface area contributed by atoms with Gasteiger partial charge in [-0.15, -0.1) is 0 Å². The van der Waals surface area contributed by atoms with Crippen molar-refractivity contribution in [1.29, 1.82) is 0 Å². The SMILES string of the molecule is CC(C)(C)C1CC(=O)N(CC2CCN(C(=O)ON3CCCC3=O)CC2)C1=O. The molecular weight excluding hydrogens is 350 g/mol. The van der Waals surface area contributed by atoms with Crippen LogP contribution in [0.15, 0.2) is 0 Å². The highest BCUT2D eigenvalue weighted by Crippen LogP contribution is 2.36. The van der Waals surface area contributed by atoms with Crippen molar-refractivity contribution < 1.29 is 24.0 Å². The van der Waals surface area contributed by atoms with Gasteiger partial charge in [0.2, 0.25) is 11.8 Å². The molecule has 0 radical (unpaired) electrons. The number of hydroxylamine groups is 2. The zero-order chi connectivity index (χ0) is 19.8. The molecule has 1 atom stereocenters. The Bertz CT molecular complexity index is 634. The molecule has 3 heterocycles. The molecule has 3 rings (SSSR count). The van der Waals surface area contributed by atoms with Crippen LogP contribution in [0.5, 0.6) is 0 Å². The topological polar surface area (TPSA) is 87.2 Å². The summed E-state index contributed by atoms with van der Waals surface area (Å²) in [5, 5.41) is 1.14. The fraction of sp³-hybridized carbons (Fsp3) is 0.789. The molecule has 0 saturated carbocycles. The Morgan fingerprint density at radius 1 is 1.07 bits per heavy atom. The van der Waals surface area contributed by atoms with Gasteiger partial charge in [0.15, 0.2) is 0 Å². The van der Waals surface area contributed by atoms with E-state index in [0.29, 0.717) is 51.9 Å². The van der Waals surface area contributed by atoms with E-state index in [1.807, 2.05) is 20.8 Å². The van der Waals surface area contributed by atoms with Crippen LogP contribution in [0.1, 0.15) is 52.9 Å². The van der Waals surface area contributed by atoms with E-state index in [9.17, 15) is 19.2 Å². The molecule has 0 aliphatic carbocycles. The van der Waals surface area contributed by atoms with Crippen molar-refractivity contribution >= 4 is 23.8 Å². The molecule has 0 spiro atoms. The molecule has 8 heteroatoms. The largest absolute Gasteiger partial charge is 0.434 e. The van der Waals surface area contributed by atoms with Gasteiger partial charge in [0.25, 0.3) is 5.91 Å². The Morgan fingerprint density at radius 3 is 2.26 bits per heavy atom. The molecule has 0 N–H and O–H groups in total. The third kappa shape index (κ3) is 4.25. The molecule has 0 bridgehead atoms. The number of hydrogen-bond donors (Lipinski definition) is 0. The Balaban J connectivity index is 1.48. The van der Waals surface area contributed by atoms with Crippen molar-refractivity contribution in [3.05, 3.63) is 0 Å². The Kier molecular flexibility index (Phi) is 5.44. The lowest BCUT2D eigenvalue weighted by Gasteiger charge is -2.33. The highest BCUT2D eigenvalue weighted by atomic mass is 16.7. The fourth-order valence-electron chi connectivity index (χ4n) is 3.98. The summed E-state index contributed by atoms with van der Waals surface area (Å²) in [4.78, 5) is 56.8. The Morgan fingerprint density at radius 2 is 1.74 bits per heavy atom. The monoisotopic (exact) mass is 379 g/mol. The van der Waals surface area contributed by atoms with E-state index >= 15 is 0 Å². The summed E-state index contributed by atoms with van der Waals surface area (Å²) in [7, 11) is 0. The van der Waals surface area contributed by atoms with Crippen LogP contribution in [0, 0.1) is 17.3 Å². The number of piperidine rings is 1. The summed E-state index contributed by atoms with van der Waals surface area (Å²) in [6.07, 6.45) is 2.34. The van der Waals surface area contributed by atoms with Gasteiger partial charge < -0.3 is 9.74 Å². The van der Waals surface area contributed by atoms with Gasteiger partial charge in [-0.2, -0.15) is 5.06 Å². The number of nitrogens with zero attached hydrogens (tertiary/aromatic N) is 3. The molecule has 0 aromatic carbocycles. The second-order valence-electron chi connectivity index (χ2n) is 8.85. The van der Waals surface area contributed by atoms with Crippen molar-refractivity contribution in [3.8, 4) is 0 Å². The highest BCUT2D eigenvalue weighted by molar-refractivity contribution is 6.03. The quantitative estimate of drug-likeness (QED) is 0.698. The average Bonchev–Trinajstić information content (AvgIpc) is 3.13. The maximum atomic E-state index is 12.6. The summed E-state index contributed by atoms with van der Waals surface area (Å²) >= 11 is 0. The van der Waals surface area contributed by atoms with Crippen LogP contribution in [0.4, 0.5) is 4.79 Å². The summed E-state index contributed by atoms with van der Waals surface area (Å²) in [6, 6.07) is 0. The van der Waals surface area contributed by atoms with Gasteiger partial charge in [-0.1, -0.05) is 20.8 Å². The zero-order valence-corrected chi connectivity index (χ0v) is 16.4. The van der Waals surface area contributed by atoms with Crippen molar-refractivity contribution in [2.24, 2.45) is 17.3 Å². The molecule has 8 nitrogen and oxygen atoms in total. The maximum Gasteiger partial charge on any atom is 0.434 e. The van der Waals surface area contributed by atoms with E-state index in [2.05, 4.69) is 0 Å². The third-order valence-electron chi connectivity index (χ3n) is 5.82. The van der Waals surface area contributed by atoms with Crippen molar-refractivity contribution in [2.45, 2.75) is 52.9 Å². The molecular formula is C19H29N3O5. The van der Waals surface area contributed by atoms with Crippen molar-refractivity contribution in [1.82, 2.24) is 14.9 Å². The minimum absolute atomic E-state index is 0.0677. The van der Waals surface area contributed by atoms with Crippen LogP contribution in [-0.4, -0.2) is 64.9 Å². The molecule has 0 aromatic heterocycles. The smallest absolute Gasteiger partial charge is 0.319 e. The molecule has 3 aliphatic rings. The number of likely N-dealkylation sites (tertiary alicyclic amines) is 2. The van der Waals surface area contributed by atoms with Gasteiger partial charge in [0.05, 0.1) is 12.5 Å². The Hall–Kier alpha value is -2.12. The Labute approximate surface area is 159 Å². The van der Waals surface area contributed by atoms with Gasteiger partial charge in [0.1, 0.15) is 0 Å². The maximum absolute atomic E-state index is 12.6. The van der Waals surface area contributed by atoms with Crippen LogP contribution >= 0.6 is 0 Å². The van der Waals surface area contributed by atoms with Crippen LogP contribution in [0.3, 0.4) is 0 Å². The van der Waals surface area contributed by atoms with Crippen LogP contribution in [0.2, 0.25) is 0 Å². The van der Waals surface area contributed by atoms with E-state index in [1.165, 1.54) is 4.90 Å². The van der Waals surface area contributed by atoms with Gasteiger partial charge >= 0.3 is 6.09 Å². The molecule has 150 valence electrons. The second kappa shape index (κ2) is 7.48. The summed E-state index contributed by atoms with van der Waals surface area (Å²) in [6.45, 7) is 7.85. The van der Waals surface area contributed by atoms with Crippen LogP contribution in [-0.2, 0) is 19.2 Å². The predicted molar refractivity (Wildman–Crippen MR) is 96.0 cm³/mol. The molecule has 3 aliphatic heterocycles. The van der Waals surface area contributed by atoms with Crippen molar-refractivity contribution in [3.63, 3.8) is 0 Å². The van der Waals surface area contributed by atoms with E-state index in [-0.39, 0.29) is 41.4 Å². The zero-order valence-electron chi connectivity index (χ0n) is 16.4. The number of rotatable bonds is 3. The second-order valence-corrected chi connectivity index (χ2v) is 8.85. The minimum Gasteiger partial charge on any atom is -0.319 e. The highest BCUT2D eigenvalue weighted by Gasteiger charge is 2.45. The lowest BCUT2D eigenvalue weighted by molar-refractivity contribution is -0.160. The first-order chi connectivity index (χ1) is 12.7. The number of amides is 4. The van der Waals surface area contributed by atoms with Gasteiger partial charge in [-0.25, -0.2) is 4.79 Å². The van der Waals surface area contributed by atoms with Crippen LogP contribution < -0.4 is 0 Å². The number of carbonyl (C=O) groups is 4. The van der Waals surface area contributed by atoms with E-state index < -0.39 is 6.09 Å². The first-order valence-corrected chi connectivity index (χ1v) is 9.78.